The minimum absolute atomic E-state index is 0.0881. The monoisotopic (exact) mass is 425 g/mol. The molecule has 0 aliphatic carbocycles. The minimum atomic E-state index is -3.61. The summed E-state index contributed by atoms with van der Waals surface area (Å²) in [5.41, 5.74) is 5.12. The summed E-state index contributed by atoms with van der Waals surface area (Å²) in [5.74, 6) is -0.348. The number of carbonyl (C=O) groups excluding carboxylic acids is 2. The second kappa shape index (κ2) is 8.06. The number of carbonyl (C=O) groups is 2. The Morgan fingerprint density at radius 3 is 2.57 bits per heavy atom. The number of nitrogens with one attached hydrogen (secondary N) is 2. The van der Waals surface area contributed by atoms with Crippen molar-refractivity contribution in [2.24, 2.45) is 5.92 Å². The van der Waals surface area contributed by atoms with E-state index in [-0.39, 0.29) is 10.8 Å². The fourth-order valence-electron chi connectivity index (χ4n) is 3.20. The number of nitrogens with zero attached hydrogens (tertiary/aromatic N) is 1. The molecule has 8 nitrogen and oxygen atoms in total. The number of furan rings is 1. The quantitative estimate of drug-likeness (QED) is 0.730. The van der Waals surface area contributed by atoms with Gasteiger partial charge in [0.25, 0.3) is 15.9 Å². The summed E-state index contributed by atoms with van der Waals surface area (Å²) in [6, 6.07) is 4.95. The zero-order valence-electron chi connectivity index (χ0n) is 15.9. The lowest BCUT2D eigenvalue weighted by atomic mass is 9.99. The zero-order valence-corrected chi connectivity index (χ0v) is 17.6. The lowest BCUT2D eigenvalue weighted by Crippen LogP contribution is -2.49. The van der Waals surface area contributed by atoms with Gasteiger partial charge in [0.1, 0.15) is 15.7 Å². The first-order valence-corrected chi connectivity index (χ1v) is 11.2. The molecule has 1 saturated heterocycles. The van der Waals surface area contributed by atoms with Gasteiger partial charge in [-0.1, -0.05) is 0 Å². The van der Waals surface area contributed by atoms with E-state index in [9.17, 15) is 18.0 Å². The first-order valence-electron chi connectivity index (χ1n) is 8.92. The summed E-state index contributed by atoms with van der Waals surface area (Å²) < 4.78 is 32.5. The molecule has 0 saturated carbocycles. The van der Waals surface area contributed by atoms with Crippen molar-refractivity contribution in [3.8, 4) is 0 Å². The van der Waals surface area contributed by atoms with Gasteiger partial charge in [0.2, 0.25) is 5.91 Å². The molecule has 152 valence electrons. The Kier molecular flexibility index (Phi) is 5.92. The summed E-state index contributed by atoms with van der Waals surface area (Å²) in [4.78, 5) is 25.6. The molecule has 10 heteroatoms. The number of sulfonamides is 1. The van der Waals surface area contributed by atoms with Crippen molar-refractivity contribution in [3.05, 3.63) is 40.2 Å². The Hall–Kier alpha value is -2.17. The molecule has 28 heavy (non-hydrogen) atoms. The van der Waals surface area contributed by atoms with Crippen LogP contribution in [0.4, 0.5) is 0 Å². The molecule has 1 atom stereocenters. The second-order valence-corrected chi connectivity index (χ2v) is 10.3. The zero-order chi connectivity index (χ0) is 20.5. The van der Waals surface area contributed by atoms with Crippen LogP contribution in [0.15, 0.2) is 26.8 Å². The Labute approximate surface area is 167 Å². The molecule has 0 spiro atoms. The molecule has 0 bridgehead atoms. The van der Waals surface area contributed by atoms with Crippen LogP contribution in [-0.2, 0) is 14.8 Å². The van der Waals surface area contributed by atoms with Gasteiger partial charge in [0, 0.05) is 18.0 Å². The molecule has 2 aromatic rings. The number of aryl methyl sites for hydroxylation is 3. The SMILES string of the molecule is Cc1cc(C(=O)NNC(=O)C2CCCN(S(=O)(=O)c3ccc(C)s3)C2)c(C)o1. The van der Waals surface area contributed by atoms with Crippen molar-refractivity contribution < 1.29 is 22.4 Å². The second-order valence-electron chi connectivity index (χ2n) is 6.84. The number of hydrogen-bond acceptors (Lipinski definition) is 6. The van der Waals surface area contributed by atoms with Crippen molar-refractivity contribution in [2.75, 3.05) is 13.1 Å². The molecule has 1 aliphatic rings. The molecule has 1 fully saturated rings. The molecule has 1 unspecified atom stereocenters. The highest BCUT2D eigenvalue weighted by Crippen LogP contribution is 2.28. The maximum Gasteiger partial charge on any atom is 0.273 e. The van der Waals surface area contributed by atoms with Crippen LogP contribution >= 0.6 is 11.3 Å². The molecule has 2 N–H and O–H groups in total. The van der Waals surface area contributed by atoms with E-state index in [2.05, 4.69) is 10.9 Å². The molecule has 3 heterocycles. The van der Waals surface area contributed by atoms with Crippen molar-refractivity contribution >= 4 is 33.2 Å². The van der Waals surface area contributed by atoms with E-state index < -0.39 is 27.8 Å². The van der Waals surface area contributed by atoms with Crippen LogP contribution in [0.1, 0.15) is 39.6 Å². The smallest absolute Gasteiger partial charge is 0.273 e. The lowest BCUT2D eigenvalue weighted by molar-refractivity contribution is -0.126. The molecule has 2 amide bonds. The third-order valence-electron chi connectivity index (χ3n) is 4.65. The molecule has 2 aromatic heterocycles. The molecule has 1 aliphatic heterocycles. The van der Waals surface area contributed by atoms with Crippen LogP contribution < -0.4 is 10.9 Å². The Morgan fingerprint density at radius 2 is 1.96 bits per heavy atom. The summed E-state index contributed by atoms with van der Waals surface area (Å²) in [6.07, 6.45) is 1.14. The van der Waals surface area contributed by atoms with Gasteiger partial charge in [-0.2, -0.15) is 4.31 Å². The fourth-order valence-corrected chi connectivity index (χ4v) is 6.16. The van der Waals surface area contributed by atoms with Crippen molar-refractivity contribution in [3.63, 3.8) is 0 Å². The Bertz CT molecular complexity index is 993. The van der Waals surface area contributed by atoms with E-state index >= 15 is 0 Å². The molecule has 0 aromatic carbocycles. The van der Waals surface area contributed by atoms with E-state index in [4.69, 9.17) is 4.42 Å². The van der Waals surface area contributed by atoms with Crippen molar-refractivity contribution in [1.82, 2.24) is 15.2 Å². The topological polar surface area (TPSA) is 109 Å². The minimum Gasteiger partial charge on any atom is -0.466 e. The van der Waals surface area contributed by atoms with Crippen molar-refractivity contribution in [1.29, 1.82) is 0 Å². The normalized spacial score (nSPS) is 18.0. The van der Waals surface area contributed by atoms with Gasteiger partial charge in [-0.15, -0.1) is 11.3 Å². The van der Waals surface area contributed by atoms with Gasteiger partial charge in [0.15, 0.2) is 0 Å². The van der Waals surface area contributed by atoms with Gasteiger partial charge in [-0.3, -0.25) is 20.4 Å². The molecular formula is C18H23N3O5S2. The van der Waals surface area contributed by atoms with E-state index in [1.54, 1.807) is 32.0 Å². The number of rotatable bonds is 4. The average molecular weight is 426 g/mol. The van der Waals surface area contributed by atoms with Crippen LogP contribution in [0.5, 0.6) is 0 Å². The van der Waals surface area contributed by atoms with E-state index in [0.29, 0.717) is 36.5 Å². The van der Waals surface area contributed by atoms with Gasteiger partial charge in [-0.05, 0) is 51.8 Å². The van der Waals surface area contributed by atoms with Gasteiger partial charge >= 0.3 is 0 Å². The first kappa shape index (κ1) is 20.6. The van der Waals surface area contributed by atoms with E-state index in [0.717, 1.165) is 4.88 Å². The third kappa shape index (κ3) is 4.29. The molecular weight excluding hydrogens is 402 g/mol. The van der Waals surface area contributed by atoms with Gasteiger partial charge < -0.3 is 4.42 Å². The summed E-state index contributed by atoms with van der Waals surface area (Å²) >= 11 is 1.22. The van der Waals surface area contributed by atoms with Crippen LogP contribution in [0.3, 0.4) is 0 Å². The summed E-state index contributed by atoms with van der Waals surface area (Å²) in [6.45, 7) is 5.71. The number of thiophene rings is 1. The van der Waals surface area contributed by atoms with Crippen molar-refractivity contribution in [2.45, 2.75) is 37.8 Å². The number of hydrazine groups is 1. The van der Waals surface area contributed by atoms with Crippen LogP contribution in [0, 0.1) is 26.7 Å². The Morgan fingerprint density at radius 1 is 1.21 bits per heavy atom. The predicted octanol–water partition coefficient (Wildman–Crippen LogP) is 2.13. The largest absolute Gasteiger partial charge is 0.466 e. The molecule has 3 rings (SSSR count). The highest BCUT2D eigenvalue weighted by atomic mass is 32.2. The fraction of sp³-hybridized carbons (Fsp3) is 0.444. The van der Waals surface area contributed by atoms with Gasteiger partial charge in [-0.25, -0.2) is 8.42 Å². The first-order chi connectivity index (χ1) is 13.2. The van der Waals surface area contributed by atoms with E-state index in [1.807, 2.05) is 6.92 Å². The van der Waals surface area contributed by atoms with Crippen LogP contribution in [0.2, 0.25) is 0 Å². The van der Waals surface area contributed by atoms with Crippen LogP contribution in [0.25, 0.3) is 0 Å². The summed E-state index contributed by atoms with van der Waals surface area (Å²) in [5, 5.41) is 0. The predicted molar refractivity (Wildman–Crippen MR) is 104 cm³/mol. The summed E-state index contributed by atoms with van der Waals surface area (Å²) in [7, 11) is -3.61. The number of amides is 2. The highest BCUT2D eigenvalue weighted by Gasteiger charge is 2.34. The van der Waals surface area contributed by atoms with Crippen LogP contribution in [-0.4, -0.2) is 37.6 Å². The third-order valence-corrected chi connectivity index (χ3v) is 7.98. The lowest BCUT2D eigenvalue weighted by Gasteiger charge is -2.30. The number of hydrogen-bond donors (Lipinski definition) is 2. The number of piperidine rings is 1. The standard InChI is InChI=1S/C18H23N3O5S2/c1-11-9-15(13(3)26-11)18(23)20-19-17(22)14-5-4-8-21(10-14)28(24,25)16-7-6-12(2)27-16/h6-7,9,14H,4-5,8,10H2,1-3H3,(H,19,22)(H,20,23). The Balaban J connectivity index is 1.61. The maximum atomic E-state index is 12.8. The average Bonchev–Trinajstić information content (AvgIpc) is 3.24. The van der Waals surface area contributed by atoms with E-state index in [1.165, 1.54) is 15.6 Å². The molecule has 0 radical (unpaired) electrons. The highest BCUT2D eigenvalue weighted by molar-refractivity contribution is 7.91. The maximum absolute atomic E-state index is 12.8. The van der Waals surface area contributed by atoms with Gasteiger partial charge in [0.05, 0.1) is 11.5 Å².